The van der Waals surface area contributed by atoms with Crippen molar-refractivity contribution in [3.8, 4) is 5.75 Å². The highest BCUT2D eigenvalue weighted by atomic mass is 16.5. The summed E-state index contributed by atoms with van der Waals surface area (Å²) in [4.78, 5) is 25.3. The molecule has 2 rings (SSSR count). The van der Waals surface area contributed by atoms with Gasteiger partial charge in [0, 0.05) is 25.1 Å². The van der Waals surface area contributed by atoms with Crippen LogP contribution in [-0.4, -0.2) is 36.3 Å². The SMILES string of the molecule is CC(=O)c1ccc(OCCCC(=O)N(C)C2CCCCC2)cc1. The van der Waals surface area contributed by atoms with E-state index in [1.54, 1.807) is 31.2 Å². The van der Waals surface area contributed by atoms with Crippen molar-refractivity contribution in [1.82, 2.24) is 4.90 Å². The normalized spacial score (nSPS) is 15.2. The Morgan fingerprint density at radius 2 is 1.78 bits per heavy atom. The van der Waals surface area contributed by atoms with E-state index in [4.69, 9.17) is 4.74 Å². The van der Waals surface area contributed by atoms with Gasteiger partial charge in [0.15, 0.2) is 5.78 Å². The maximum atomic E-state index is 12.2. The van der Waals surface area contributed by atoms with Gasteiger partial charge in [0.25, 0.3) is 0 Å². The van der Waals surface area contributed by atoms with Gasteiger partial charge in [-0.15, -0.1) is 0 Å². The Labute approximate surface area is 138 Å². The minimum Gasteiger partial charge on any atom is -0.494 e. The molecule has 0 N–H and O–H groups in total. The minimum absolute atomic E-state index is 0.0490. The van der Waals surface area contributed by atoms with E-state index in [9.17, 15) is 9.59 Å². The van der Waals surface area contributed by atoms with Crippen LogP contribution in [0.3, 0.4) is 0 Å². The third kappa shape index (κ3) is 5.38. The topological polar surface area (TPSA) is 46.6 Å². The summed E-state index contributed by atoms with van der Waals surface area (Å²) in [5.74, 6) is 1.00. The van der Waals surface area contributed by atoms with Gasteiger partial charge >= 0.3 is 0 Å². The quantitative estimate of drug-likeness (QED) is 0.567. The molecule has 0 heterocycles. The van der Waals surface area contributed by atoms with Crippen molar-refractivity contribution < 1.29 is 14.3 Å². The van der Waals surface area contributed by atoms with E-state index >= 15 is 0 Å². The van der Waals surface area contributed by atoms with Crippen molar-refractivity contribution >= 4 is 11.7 Å². The lowest BCUT2D eigenvalue weighted by Crippen LogP contribution is -2.38. The fraction of sp³-hybridized carbons (Fsp3) is 0.579. The first-order valence-electron chi connectivity index (χ1n) is 8.57. The third-order valence-electron chi connectivity index (χ3n) is 4.58. The molecule has 0 aromatic heterocycles. The average Bonchev–Trinajstić information content (AvgIpc) is 2.59. The van der Waals surface area contributed by atoms with Crippen molar-refractivity contribution in [3.63, 3.8) is 0 Å². The molecule has 1 aliphatic rings. The Hall–Kier alpha value is -1.84. The first kappa shape index (κ1) is 17.5. The number of ketones is 1. The Morgan fingerprint density at radius 3 is 2.39 bits per heavy atom. The molecule has 0 bridgehead atoms. The molecule has 4 nitrogen and oxygen atoms in total. The molecule has 1 saturated carbocycles. The summed E-state index contributed by atoms with van der Waals surface area (Å²) in [7, 11) is 1.93. The van der Waals surface area contributed by atoms with Crippen LogP contribution in [0.2, 0.25) is 0 Å². The van der Waals surface area contributed by atoms with Crippen LogP contribution in [0.25, 0.3) is 0 Å². The van der Waals surface area contributed by atoms with Gasteiger partial charge in [-0.3, -0.25) is 9.59 Å². The number of hydrogen-bond donors (Lipinski definition) is 0. The number of carbonyl (C=O) groups excluding carboxylic acids is 2. The van der Waals surface area contributed by atoms with E-state index in [1.807, 2.05) is 11.9 Å². The highest BCUT2D eigenvalue weighted by Gasteiger charge is 2.21. The lowest BCUT2D eigenvalue weighted by atomic mass is 9.94. The van der Waals surface area contributed by atoms with E-state index in [-0.39, 0.29) is 11.7 Å². The molecular weight excluding hydrogens is 290 g/mol. The van der Waals surface area contributed by atoms with Crippen LogP contribution in [-0.2, 0) is 4.79 Å². The predicted octanol–water partition coefficient (Wildman–Crippen LogP) is 3.84. The van der Waals surface area contributed by atoms with Gasteiger partial charge < -0.3 is 9.64 Å². The summed E-state index contributed by atoms with van der Waals surface area (Å²) in [5.41, 5.74) is 0.682. The van der Waals surface area contributed by atoms with Crippen molar-refractivity contribution in [1.29, 1.82) is 0 Å². The molecule has 1 aromatic rings. The number of benzene rings is 1. The lowest BCUT2D eigenvalue weighted by molar-refractivity contribution is -0.132. The Morgan fingerprint density at radius 1 is 1.13 bits per heavy atom. The van der Waals surface area contributed by atoms with Crippen LogP contribution in [0.15, 0.2) is 24.3 Å². The molecule has 0 spiro atoms. The second-order valence-electron chi connectivity index (χ2n) is 6.33. The lowest BCUT2D eigenvalue weighted by Gasteiger charge is -2.31. The van der Waals surface area contributed by atoms with Crippen LogP contribution in [0.4, 0.5) is 0 Å². The number of carbonyl (C=O) groups is 2. The maximum absolute atomic E-state index is 12.2. The molecular formula is C19H27NO3. The molecule has 23 heavy (non-hydrogen) atoms. The third-order valence-corrected chi connectivity index (χ3v) is 4.58. The molecule has 0 aliphatic heterocycles. The molecule has 126 valence electrons. The number of nitrogens with zero attached hydrogens (tertiary/aromatic N) is 1. The number of ether oxygens (including phenoxy) is 1. The van der Waals surface area contributed by atoms with Crippen LogP contribution in [0.1, 0.15) is 62.2 Å². The Balaban J connectivity index is 1.68. The van der Waals surface area contributed by atoms with E-state index in [0.29, 0.717) is 31.1 Å². The summed E-state index contributed by atoms with van der Waals surface area (Å²) in [6.07, 6.45) is 7.30. The number of hydrogen-bond acceptors (Lipinski definition) is 3. The average molecular weight is 317 g/mol. The van der Waals surface area contributed by atoms with Gasteiger partial charge in [-0.05, 0) is 50.5 Å². The fourth-order valence-corrected chi connectivity index (χ4v) is 3.05. The van der Waals surface area contributed by atoms with Crippen LogP contribution < -0.4 is 4.74 Å². The zero-order valence-corrected chi connectivity index (χ0v) is 14.2. The molecule has 1 fully saturated rings. The number of Topliss-reactive ketones (excluding diaryl/α,β-unsaturated/α-hetero) is 1. The van der Waals surface area contributed by atoms with Crippen molar-refractivity contribution in [2.45, 2.75) is 57.9 Å². The Kier molecular flexibility index (Phi) is 6.63. The van der Waals surface area contributed by atoms with E-state index in [1.165, 1.54) is 19.3 Å². The number of amides is 1. The zero-order valence-electron chi connectivity index (χ0n) is 14.2. The minimum atomic E-state index is 0.0490. The van der Waals surface area contributed by atoms with Crippen molar-refractivity contribution in [2.75, 3.05) is 13.7 Å². The monoisotopic (exact) mass is 317 g/mol. The Bertz CT molecular complexity index is 518. The summed E-state index contributed by atoms with van der Waals surface area (Å²) >= 11 is 0. The molecule has 0 radical (unpaired) electrons. The summed E-state index contributed by atoms with van der Waals surface area (Å²) < 4.78 is 5.63. The smallest absolute Gasteiger partial charge is 0.222 e. The van der Waals surface area contributed by atoms with Crippen molar-refractivity contribution in [3.05, 3.63) is 29.8 Å². The first-order valence-corrected chi connectivity index (χ1v) is 8.57. The maximum Gasteiger partial charge on any atom is 0.222 e. The standard InChI is InChI=1S/C19H27NO3/c1-15(21)16-10-12-18(13-11-16)23-14-6-9-19(22)20(2)17-7-4-3-5-8-17/h10-13,17H,3-9,14H2,1-2H3. The second kappa shape index (κ2) is 8.70. The zero-order chi connectivity index (χ0) is 16.7. The summed E-state index contributed by atoms with van der Waals surface area (Å²) in [6.45, 7) is 2.06. The molecule has 1 aromatic carbocycles. The van der Waals surface area contributed by atoms with Gasteiger partial charge in [0.2, 0.25) is 5.91 Å². The van der Waals surface area contributed by atoms with Gasteiger partial charge in [0.05, 0.1) is 6.61 Å². The molecule has 0 unspecified atom stereocenters. The van der Waals surface area contributed by atoms with Gasteiger partial charge in [-0.25, -0.2) is 0 Å². The van der Waals surface area contributed by atoms with Crippen LogP contribution >= 0.6 is 0 Å². The van der Waals surface area contributed by atoms with Crippen LogP contribution in [0.5, 0.6) is 5.75 Å². The van der Waals surface area contributed by atoms with Crippen molar-refractivity contribution in [2.24, 2.45) is 0 Å². The van der Waals surface area contributed by atoms with Gasteiger partial charge in [0.1, 0.15) is 5.75 Å². The molecule has 0 atom stereocenters. The first-order chi connectivity index (χ1) is 11.1. The molecule has 4 heteroatoms. The van der Waals surface area contributed by atoms with E-state index in [0.717, 1.165) is 18.6 Å². The van der Waals surface area contributed by atoms with E-state index in [2.05, 4.69) is 0 Å². The molecule has 1 aliphatic carbocycles. The van der Waals surface area contributed by atoms with E-state index < -0.39 is 0 Å². The fourth-order valence-electron chi connectivity index (χ4n) is 3.05. The second-order valence-corrected chi connectivity index (χ2v) is 6.33. The largest absolute Gasteiger partial charge is 0.494 e. The molecule has 0 saturated heterocycles. The summed E-state index contributed by atoms with van der Waals surface area (Å²) in [5, 5.41) is 0. The molecule has 1 amide bonds. The highest BCUT2D eigenvalue weighted by molar-refractivity contribution is 5.94. The highest BCUT2D eigenvalue weighted by Crippen LogP contribution is 2.22. The predicted molar refractivity (Wildman–Crippen MR) is 90.8 cm³/mol. The number of rotatable bonds is 7. The summed E-state index contributed by atoms with van der Waals surface area (Å²) in [6, 6.07) is 7.55. The van der Waals surface area contributed by atoms with Gasteiger partial charge in [-0.2, -0.15) is 0 Å². The van der Waals surface area contributed by atoms with Gasteiger partial charge in [-0.1, -0.05) is 19.3 Å². The van der Waals surface area contributed by atoms with Crippen LogP contribution in [0, 0.1) is 0 Å².